The van der Waals surface area contributed by atoms with Gasteiger partial charge in [0.2, 0.25) is 0 Å². The lowest BCUT2D eigenvalue weighted by Crippen LogP contribution is -2.11. The maximum Gasteiger partial charge on any atom is 0.109 e. The molecule has 1 atom stereocenters. The summed E-state index contributed by atoms with van der Waals surface area (Å²) in [6, 6.07) is 8.45. The van der Waals surface area contributed by atoms with Crippen LogP contribution in [-0.2, 0) is 13.0 Å². The standard InChI is InChI=1S/C15H21N3/c1-2-18-14-6-4-3-5-13(14)17-15(18)8-7-12-9-10-16-11-12/h3-6,12,16H,2,7-11H2,1H3. The largest absolute Gasteiger partial charge is 0.328 e. The fraction of sp³-hybridized carbons (Fsp3) is 0.533. The Hall–Kier alpha value is -1.35. The number of hydrogen-bond acceptors (Lipinski definition) is 2. The van der Waals surface area contributed by atoms with E-state index in [2.05, 4.69) is 41.1 Å². The number of aryl methyl sites for hydroxylation is 2. The molecule has 0 saturated carbocycles. The van der Waals surface area contributed by atoms with E-state index in [1.807, 2.05) is 0 Å². The summed E-state index contributed by atoms with van der Waals surface area (Å²) in [6.45, 7) is 5.59. The van der Waals surface area contributed by atoms with Crippen LogP contribution < -0.4 is 5.32 Å². The Morgan fingerprint density at radius 2 is 2.28 bits per heavy atom. The first kappa shape index (κ1) is 11.7. The molecule has 3 nitrogen and oxygen atoms in total. The van der Waals surface area contributed by atoms with Crippen LogP contribution in [0.25, 0.3) is 11.0 Å². The van der Waals surface area contributed by atoms with Crippen molar-refractivity contribution in [2.75, 3.05) is 13.1 Å². The van der Waals surface area contributed by atoms with Gasteiger partial charge < -0.3 is 9.88 Å². The maximum atomic E-state index is 4.79. The number of para-hydroxylation sites is 2. The Morgan fingerprint density at radius 1 is 1.39 bits per heavy atom. The molecule has 0 bridgehead atoms. The normalized spacial score (nSPS) is 19.7. The Morgan fingerprint density at radius 3 is 3.06 bits per heavy atom. The number of benzene rings is 1. The SMILES string of the molecule is CCn1c(CCC2CCNC2)nc2ccccc21. The van der Waals surface area contributed by atoms with Crippen molar-refractivity contribution in [1.29, 1.82) is 0 Å². The van der Waals surface area contributed by atoms with Crippen LogP contribution in [-0.4, -0.2) is 22.6 Å². The fourth-order valence-electron chi connectivity index (χ4n) is 2.96. The number of rotatable bonds is 4. The quantitative estimate of drug-likeness (QED) is 0.894. The molecule has 3 heteroatoms. The lowest BCUT2D eigenvalue weighted by molar-refractivity contribution is 0.516. The summed E-state index contributed by atoms with van der Waals surface area (Å²) in [5.74, 6) is 2.10. The van der Waals surface area contributed by atoms with Gasteiger partial charge >= 0.3 is 0 Å². The molecule has 0 amide bonds. The molecular formula is C15H21N3. The lowest BCUT2D eigenvalue weighted by Gasteiger charge is -2.09. The summed E-state index contributed by atoms with van der Waals surface area (Å²) in [4.78, 5) is 4.79. The summed E-state index contributed by atoms with van der Waals surface area (Å²) < 4.78 is 2.36. The van der Waals surface area contributed by atoms with Gasteiger partial charge in [-0.1, -0.05) is 12.1 Å². The highest BCUT2D eigenvalue weighted by Gasteiger charge is 2.16. The average Bonchev–Trinajstić information content (AvgIpc) is 3.03. The molecule has 1 N–H and O–H groups in total. The van der Waals surface area contributed by atoms with Gasteiger partial charge in [-0.3, -0.25) is 0 Å². The van der Waals surface area contributed by atoms with Crippen molar-refractivity contribution in [3.05, 3.63) is 30.1 Å². The smallest absolute Gasteiger partial charge is 0.109 e. The van der Waals surface area contributed by atoms with Crippen molar-refractivity contribution < 1.29 is 0 Å². The third-order valence-electron chi connectivity index (χ3n) is 3.99. The van der Waals surface area contributed by atoms with Gasteiger partial charge in [0, 0.05) is 13.0 Å². The van der Waals surface area contributed by atoms with Crippen LogP contribution in [0.4, 0.5) is 0 Å². The first-order valence-corrected chi connectivity index (χ1v) is 7.03. The second-order valence-electron chi connectivity index (χ2n) is 5.16. The first-order chi connectivity index (χ1) is 8.88. The van der Waals surface area contributed by atoms with Gasteiger partial charge in [0.1, 0.15) is 5.82 Å². The highest BCUT2D eigenvalue weighted by molar-refractivity contribution is 5.75. The van der Waals surface area contributed by atoms with Crippen LogP contribution in [0, 0.1) is 5.92 Å². The molecule has 1 aliphatic heterocycles. The molecule has 1 aromatic carbocycles. The van der Waals surface area contributed by atoms with Crippen LogP contribution in [0.2, 0.25) is 0 Å². The van der Waals surface area contributed by atoms with Crippen molar-refractivity contribution in [2.24, 2.45) is 5.92 Å². The van der Waals surface area contributed by atoms with E-state index in [4.69, 9.17) is 4.98 Å². The molecule has 1 aromatic heterocycles. The van der Waals surface area contributed by atoms with Crippen LogP contribution in [0.3, 0.4) is 0 Å². The number of nitrogens with zero attached hydrogens (tertiary/aromatic N) is 2. The minimum Gasteiger partial charge on any atom is -0.328 e. The fourth-order valence-corrected chi connectivity index (χ4v) is 2.96. The minimum absolute atomic E-state index is 0.843. The summed E-state index contributed by atoms with van der Waals surface area (Å²) in [5, 5.41) is 3.44. The molecule has 1 unspecified atom stereocenters. The summed E-state index contributed by atoms with van der Waals surface area (Å²) in [7, 11) is 0. The molecule has 1 saturated heterocycles. The molecule has 3 rings (SSSR count). The molecule has 0 radical (unpaired) electrons. The molecule has 2 aromatic rings. The second-order valence-corrected chi connectivity index (χ2v) is 5.16. The maximum absolute atomic E-state index is 4.79. The molecular weight excluding hydrogens is 222 g/mol. The summed E-state index contributed by atoms with van der Waals surface area (Å²) in [6.07, 6.45) is 3.69. The van der Waals surface area contributed by atoms with E-state index >= 15 is 0 Å². The van der Waals surface area contributed by atoms with E-state index in [1.54, 1.807) is 0 Å². The van der Waals surface area contributed by atoms with Crippen LogP contribution in [0.1, 0.15) is 25.6 Å². The highest BCUT2D eigenvalue weighted by Crippen LogP contribution is 2.20. The van der Waals surface area contributed by atoms with Crippen molar-refractivity contribution in [2.45, 2.75) is 32.7 Å². The van der Waals surface area contributed by atoms with Gasteiger partial charge in [-0.2, -0.15) is 0 Å². The average molecular weight is 243 g/mol. The third kappa shape index (κ3) is 2.15. The second kappa shape index (κ2) is 5.11. The monoisotopic (exact) mass is 243 g/mol. The molecule has 2 heterocycles. The van der Waals surface area contributed by atoms with Crippen LogP contribution in [0.15, 0.2) is 24.3 Å². The van der Waals surface area contributed by atoms with Crippen molar-refractivity contribution in [1.82, 2.24) is 14.9 Å². The topological polar surface area (TPSA) is 29.9 Å². The van der Waals surface area contributed by atoms with Crippen molar-refractivity contribution >= 4 is 11.0 Å². The van der Waals surface area contributed by atoms with E-state index in [0.29, 0.717) is 0 Å². The summed E-state index contributed by atoms with van der Waals surface area (Å²) >= 11 is 0. The predicted molar refractivity (Wildman–Crippen MR) is 74.7 cm³/mol. The third-order valence-corrected chi connectivity index (χ3v) is 3.99. The van der Waals surface area contributed by atoms with E-state index in [1.165, 1.54) is 37.3 Å². The number of nitrogens with one attached hydrogen (secondary N) is 1. The highest BCUT2D eigenvalue weighted by atomic mass is 15.1. The Bertz CT molecular complexity index is 524. The van der Waals surface area contributed by atoms with Crippen LogP contribution >= 0.6 is 0 Å². The lowest BCUT2D eigenvalue weighted by atomic mass is 10.0. The van der Waals surface area contributed by atoms with Crippen molar-refractivity contribution in [3.8, 4) is 0 Å². The zero-order valence-corrected chi connectivity index (χ0v) is 11.0. The zero-order chi connectivity index (χ0) is 12.4. The Labute approximate surface area is 108 Å². The van der Waals surface area contributed by atoms with E-state index < -0.39 is 0 Å². The van der Waals surface area contributed by atoms with Crippen LogP contribution in [0.5, 0.6) is 0 Å². The molecule has 1 fully saturated rings. The van der Waals surface area contributed by atoms with Gasteiger partial charge in [-0.25, -0.2) is 4.98 Å². The number of aromatic nitrogens is 2. The van der Waals surface area contributed by atoms with Gasteiger partial charge in [-0.15, -0.1) is 0 Å². The summed E-state index contributed by atoms with van der Waals surface area (Å²) in [5.41, 5.74) is 2.42. The van der Waals surface area contributed by atoms with E-state index in [9.17, 15) is 0 Å². The van der Waals surface area contributed by atoms with Gasteiger partial charge in [0.05, 0.1) is 11.0 Å². The molecule has 0 spiro atoms. The number of hydrogen-bond donors (Lipinski definition) is 1. The van der Waals surface area contributed by atoms with Gasteiger partial charge in [-0.05, 0) is 50.9 Å². The van der Waals surface area contributed by atoms with E-state index in [0.717, 1.165) is 24.4 Å². The number of fused-ring (bicyclic) bond motifs is 1. The first-order valence-electron chi connectivity index (χ1n) is 7.03. The van der Waals surface area contributed by atoms with Gasteiger partial charge in [0.15, 0.2) is 0 Å². The molecule has 1 aliphatic rings. The van der Waals surface area contributed by atoms with Gasteiger partial charge in [0.25, 0.3) is 0 Å². The Kier molecular flexibility index (Phi) is 3.33. The predicted octanol–water partition coefficient (Wildman–Crippen LogP) is 2.60. The number of imidazole rings is 1. The molecule has 18 heavy (non-hydrogen) atoms. The molecule has 96 valence electrons. The zero-order valence-electron chi connectivity index (χ0n) is 11.0. The minimum atomic E-state index is 0.843. The van der Waals surface area contributed by atoms with Crippen molar-refractivity contribution in [3.63, 3.8) is 0 Å². The molecule has 0 aliphatic carbocycles. The van der Waals surface area contributed by atoms with E-state index in [-0.39, 0.29) is 0 Å². The Balaban J connectivity index is 1.81.